The molecule has 0 bridgehead atoms. The van der Waals surface area contributed by atoms with E-state index in [1.54, 1.807) is 0 Å². The first-order chi connectivity index (χ1) is 9.61. The minimum atomic E-state index is -1.80. The Balaban J connectivity index is 4.55. The van der Waals surface area contributed by atoms with Crippen LogP contribution in [0.2, 0.25) is 0 Å². The molecule has 0 fully saturated rings. The first-order valence-electron chi connectivity index (χ1n) is 6.10. The molecule has 0 aromatic rings. The van der Waals surface area contributed by atoms with Gasteiger partial charge in [-0.15, -0.1) is 0 Å². The molecule has 0 rings (SSSR count). The van der Waals surface area contributed by atoms with Crippen LogP contribution in [0.15, 0.2) is 12.2 Å². The van der Waals surface area contributed by atoms with Gasteiger partial charge in [0, 0.05) is 19.2 Å². The van der Waals surface area contributed by atoms with E-state index in [0.29, 0.717) is 0 Å². The molecule has 0 unspecified atom stereocenters. The number of likely N-dealkylation sites (N-methyl/N-ethyl adjacent to an activating group) is 1. The average molecular weight is 307 g/mol. The van der Waals surface area contributed by atoms with Crippen LogP contribution in [0.3, 0.4) is 0 Å². The Morgan fingerprint density at radius 3 is 2.00 bits per heavy atom. The molecule has 0 aliphatic carbocycles. The maximum Gasteiger partial charge on any atom is 0.308 e. The van der Waals surface area contributed by atoms with Gasteiger partial charge < -0.3 is 35.5 Å². The number of carbonyl (C=O) groups is 2. The second-order valence-electron chi connectivity index (χ2n) is 4.66. The zero-order chi connectivity index (χ0) is 16.7. The molecule has 0 saturated heterocycles. The Labute approximate surface area is 121 Å². The van der Waals surface area contributed by atoms with E-state index < -0.39 is 55.9 Å². The predicted molar refractivity (Wildman–Crippen MR) is 70.1 cm³/mol. The van der Waals surface area contributed by atoms with Gasteiger partial charge in [0.2, 0.25) is 5.91 Å². The van der Waals surface area contributed by atoms with Gasteiger partial charge in [-0.3, -0.25) is 9.59 Å². The SMILES string of the molecule is C=C(CC(=O)O)C(=O)N(C)C[C@H](O)[C@@H](O)[C@H](O)[C@H](O)CO. The molecule has 122 valence electrons. The van der Waals surface area contributed by atoms with Gasteiger partial charge in [0.25, 0.3) is 0 Å². The summed E-state index contributed by atoms with van der Waals surface area (Å²) in [6.07, 6.45) is -7.40. The lowest BCUT2D eigenvalue weighted by atomic mass is 10.0. The highest BCUT2D eigenvalue weighted by molar-refractivity contribution is 5.96. The summed E-state index contributed by atoms with van der Waals surface area (Å²) < 4.78 is 0. The second kappa shape index (κ2) is 8.70. The number of hydrogen-bond acceptors (Lipinski definition) is 7. The molecule has 0 saturated carbocycles. The molecule has 9 heteroatoms. The molecule has 6 N–H and O–H groups in total. The summed E-state index contributed by atoms with van der Waals surface area (Å²) >= 11 is 0. The van der Waals surface area contributed by atoms with Crippen LogP contribution in [0, 0.1) is 0 Å². The summed E-state index contributed by atoms with van der Waals surface area (Å²) in [6.45, 7) is 2.07. The lowest BCUT2D eigenvalue weighted by Crippen LogP contribution is -2.50. The van der Waals surface area contributed by atoms with E-state index in [0.717, 1.165) is 4.90 Å². The fourth-order valence-corrected chi connectivity index (χ4v) is 1.56. The third-order valence-corrected chi connectivity index (χ3v) is 2.80. The number of carboxylic acids is 1. The lowest BCUT2D eigenvalue weighted by molar-refractivity contribution is -0.139. The van der Waals surface area contributed by atoms with Crippen LogP contribution >= 0.6 is 0 Å². The Kier molecular flexibility index (Phi) is 8.07. The molecule has 21 heavy (non-hydrogen) atoms. The van der Waals surface area contributed by atoms with Gasteiger partial charge >= 0.3 is 5.97 Å². The van der Waals surface area contributed by atoms with Crippen molar-refractivity contribution in [1.29, 1.82) is 0 Å². The van der Waals surface area contributed by atoms with Crippen LogP contribution in [-0.4, -0.2) is 92.0 Å². The highest BCUT2D eigenvalue weighted by Gasteiger charge is 2.31. The number of rotatable bonds is 9. The second-order valence-corrected chi connectivity index (χ2v) is 4.66. The summed E-state index contributed by atoms with van der Waals surface area (Å²) in [5.41, 5.74) is -0.206. The summed E-state index contributed by atoms with van der Waals surface area (Å²) in [7, 11) is 1.25. The van der Waals surface area contributed by atoms with Crippen LogP contribution in [0.1, 0.15) is 6.42 Å². The Morgan fingerprint density at radius 1 is 1.10 bits per heavy atom. The van der Waals surface area contributed by atoms with Crippen molar-refractivity contribution in [2.75, 3.05) is 20.2 Å². The van der Waals surface area contributed by atoms with Gasteiger partial charge in [0.1, 0.15) is 24.4 Å². The Bertz CT molecular complexity index is 385. The molecule has 0 radical (unpaired) electrons. The number of carbonyl (C=O) groups excluding carboxylic acids is 1. The molecular formula is C12H21NO8. The van der Waals surface area contributed by atoms with Gasteiger partial charge in [-0.25, -0.2) is 0 Å². The zero-order valence-electron chi connectivity index (χ0n) is 11.6. The average Bonchev–Trinajstić information content (AvgIpc) is 2.42. The standard InChI is InChI=1S/C12H21NO8/c1-6(3-9(17)18)12(21)13(2)4-7(15)10(19)11(20)8(16)5-14/h7-8,10-11,14-16,19-20H,1,3-5H2,2H3,(H,17,18)/t7-,8+,10+,11+/m0/s1. The largest absolute Gasteiger partial charge is 0.481 e. The third-order valence-electron chi connectivity index (χ3n) is 2.80. The van der Waals surface area contributed by atoms with Gasteiger partial charge in [-0.1, -0.05) is 6.58 Å². The molecular weight excluding hydrogens is 286 g/mol. The number of amides is 1. The van der Waals surface area contributed by atoms with E-state index in [2.05, 4.69) is 6.58 Å². The van der Waals surface area contributed by atoms with E-state index in [9.17, 15) is 24.9 Å². The summed E-state index contributed by atoms with van der Waals surface area (Å²) in [5.74, 6) is -1.97. The fraction of sp³-hybridized carbons (Fsp3) is 0.667. The molecule has 0 aromatic carbocycles. The molecule has 0 aromatic heterocycles. The van der Waals surface area contributed by atoms with Gasteiger partial charge in [0.05, 0.1) is 13.0 Å². The summed E-state index contributed by atoms with van der Waals surface area (Å²) in [4.78, 5) is 23.1. The Hall–Kier alpha value is -1.52. The molecule has 0 aliphatic heterocycles. The minimum Gasteiger partial charge on any atom is -0.481 e. The number of aliphatic carboxylic acids is 1. The number of hydrogen-bond donors (Lipinski definition) is 6. The van der Waals surface area contributed by atoms with E-state index in [-0.39, 0.29) is 5.57 Å². The van der Waals surface area contributed by atoms with Crippen molar-refractivity contribution in [3.63, 3.8) is 0 Å². The molecule has 0 heterocycles. The predicted octanol–water partition coefficient (Wildman–Crippen LogP) is -3.09. The Morgan fingerprint density at radius 2 is 1.57 bits per heavy atom. The molecule has 0 spiro atoms. The highest BCUT2D eigenvalue weighted by Crippen LogP contribution is 2.09. The third kappa shape index (κ3) is 6.19. The maximum absolute atomic E-state index is 11.7. The van der Waals surface area contributed by atoms with Crippen LogP contribution < -0.4 is 0 Å². The first kappa shape index (κ1) is 19.5. The van der Waals surface area contributed by atoms with Crippen LogP contribution in [-0.2, 0) is 9.59 Å². The molecule has 9 nitrogen and oxygen atoms in total. The highest BCUT2D eigenvalue weighted by atomic mass is 16.4. The van der Waals surface area contributed by atoms with Crippen molar-refractivity contribution in [3.8, 4) is 0 Å². The van der Waals surface area contributed by atoms with Crippen molar-refractivity contribution >= 4 is 11.9 Å². The molecule has 0 aliphatic rings. The zero-order valence-corrected chi connectivity index (χ0v) is 11.6. The quantitative estimate of drug-likeness (QED) is 0.244. The van der Waals surface area contributed by atoms with E-state index >= 15 is 0 Å². The number of carboxylic acid groups (broad SMARTS) is 1. The van der Waals surface area contributed by atoms with E-state index in [4.69, 9.17) is 15.3 Å². The summed E-state index contributed by atoms with van der Waals surface area (Å²) in [5, 5.41) is 55.0. The summed E-state index contributed by atoms with van der Waals surface area (Å²) in [6, 6.07) is 0. The van der Waals surface area contributed by atoms with Crippen LogP contribution in [0.5, 0.6) is 0 Å². The van der Waals surface area contributed by atoms with Crippen LogP contribution in [0.25, 0.3) is 0 Å². The lowest BCUT2D eigenvalue weighted by Gasteiger charge is -2.28. The van der Waals surface area contributed by atoms with Gasteiger partial charge in [-0.05, 0) is 0 Å². The molecule has 1 amide bonds. The topological polar surface area (TPSA) is 159 Å². The number of aliphatic hydroxyl groups is 5. The normalized spacial score (nSPS) is 16.7. The van der Waals surface area contributed by atoms with Gasteiger partial charge in [-0.2, -0.15) is 0 Å². The minimum absolute atomic E-state index is 0.206. The molecule has 4 atom stereocenters. The van der Waals surface area contributed by atoms with Crippen molar-refractivity contribution < 1.29 is 40.2 Å². The van der Waals surface area contributed by atoms with Crippen molar-refractivity contribution in [1.82, 2.24) is 4.90 Å². The number of aliphatic hydroxyl groups excluding tert-OH is 5. The van der Waals surface area contributed by atoms with E-state index in [1.807, 2.05) is 0 Å². The van der Waals surface area contributed by atoms with Crippen molar-refractivity contribution in [3.05, 3.63) is 12.2 Å². The van der Waals surface area contributed by atoms with Crippen molar-refractivity contribution in [2.24, 2.45) is 0 Å². The monoisotopic (exact) mass is 307 g/mol. The maximum atomic E-state index is 11.7. The first-order valence-corrected chi connectivity index (χ1v) is 6.10. The van der Waals surface area contributed by atoms with E-state index in [1.165, 1.54) is 7.05 Å². The number of nitrogens with zero attached hydrogens (tertiary/aromatic N) is 1. The smallest absolute Gasteiger partial charge is 0.308 e. The van der Waals surface area contributed by atoms with Gasteiger partial charge in [0.15, 0.2) is 0 Å². The van der Waals surface area contributed by atoms with Crippen LogP contribution in [0.4, 0.5) is 0 Å². The van der Waals surface area contributed by atoms with Crippen molar-refractivity contribution in [2.45, 2.75) is 30.8 Å². The fourth-order valence-electron chi connectivity index (χ4n) is 1.56.